The number of hydrazone groups is 1. The van der Waals surface area contributed by atoms with Crippen LogP contribution in [0.4, 0.5) is 5.69 Å². The van der Waals surface area contributed by atoms with Crippen molar-refractivity contribution in [1.82, 2.24) is 5.43 Å². The fourth-order valence-electron chi connectivity index (χ4n) is 2.81. The number of hydrogen-bond acceptors (Lipinski definition) is 3. The standard InChI is InChI=1S/C19H19N3O2/c1-13(23)20-16-11-9-15(10-12-16)19(24)22-21-18-8-4-6-14-5-2-3-7-17(14)18/h2-3,5,7,9-12H,4,6,8H2,1H3,(H,20,23)(H,22,24). The van der Waals surface area contributed by atoms with Crippen molar-refractivity contribution in [3.8, 4) is 0 Å². The smallest absolute Gasteiger partial charge is 0.271 e. The minimum absolute atomic E-state index is 0.144. The van der Waals surface area contributed by atoms with Crippen LogP contribution in [0.2, 0.25) is 0 Å². The average Bonchev–Trinajstić information content (AvgIpc) is 2.59. The van der Waals surface area contributed by atoms with Crippen LogP contribution in [0.1, 0.15) is 41.3 Å². The molecule has 24 heavy (non-hydrogen) atoms. The van der Waals surface area contributed by atoms with E-state index >= 15 is 0 Å². The van der Waals surface area contributed by atoms with Crippen molar-refractivity contribution in [3.05, 3.63) is 65.2 Å². The second-order valence-electron chi connectivity index (χ2n) is 5.77. The van der Waals surface area contributed by atoms with E-state index in [1.165, 1.54) is 12.5 Å². The first-order valence-electron chi connectivity index (χ1n) is 7.96. The Morgan fingerprint density at radius 1 is 1.00 bits per heavy atom. The van der Waals surface area contributed by atoms with Crippen molar-refractivity contribution in [3.63, 3.8) is 0 Å². The maximum absolute atomic E-state index is 12.2. The zero-order valence-electron chi connectivity index (χ0n) is 13.5. The molecule has 0 radical (unpaired) electrons. The molecule has 0 aromatic heterocycles. The van der Waals surface area contributed by atoms with Crippen LogP contribution < -0.4 is 10.7 Å². The summed E-state index contributed by atoms with van der Waals surface area (Å²) in [5.74, 6) is -0.408. The number of nitrogens with one attached hydrogen (secondary N) is 2. The molecule has 2 amide bonds. The average molecular weight is 321 g/mol. The Hall–Kier alpha value is -2.95. The van der Waals surface area contributed by atoms with Gasteiger partial charge >= 0.3 is 0 Å². The van der Waals surface area contributed by atoms with Crippen LogP contribution in [0, 0.1) is 0 Å². The summed E-state index contributed by atoms with van der Waals surface area (Å²) in [5, 5.41) is 6.99. The third kappa shape index (κ3) is 3.68. The van der Waals surface area contributed by atoms with Crippen LogP contribution in [0.25, 0.3) is 0 Å². The Bertz CT molecular complexity index is 795. The number of aryl methyl sites for hydroxylation is 1. The van der Waals surface area contributed by atoms with Gasteiger partial charge in [0.1, 0.15) is 0 Å². The number of hydrogen-bond donors (Lipinski definition) is 2. The minimum Gasteiger partial charge on any atom is -0.326 e. The summed E-state index contributed by atoms with van der Waals surface area (Å²) < 4.78 is 0. The zero-order valence-corrected chi connectivity index (χ0v) is 13.5. The van der Waals surface area contributed by atoms with Gasteiger partial charge in [0.25, 0.3) is 5.91 Å². The molecule has 0 unspecified atom stereocenters. The van der Waals surface area contributed by atoms with Gasteiger partial charge < -0.3 is 5.32 Å². The van der Waals surface area contributed by atoms with Crippen molar-refractivity contribution < 1.29 is 9.59 Å². The van der Waals surface area contributed by atoms with Crippen molar-refractivity contribution in [2.45, 2.75) is 26.2 Å². The number of carbonyl (C=O) groups is 2. The molecular weight excluding hydrogens is 302 g/mol. The highest BCUT2D eigenvalue weighted by atomic mass is 16.2. The minimum atomic E-state index is -0.264. The van der Waals surface area contributed by atoms with E-state index < -0.39 is 0 Å². The Morgan fingerprint density at radius 2 is 1.75 bits per heavy atom. The monoisotopic (exact) mass is 321 g/mol. The molecule has 0 saturated carbocycles. The second-order valence-corrected chi connectivity index (χ2v) is 5.77. The predicted octanol–water partition coefficient (Wildman–Crippen LogP) is 3.12. The summed E-state index contributed by atoms with van der Waals surface area (Å²) in [6, 6.07) is 14.9. The van der Waals surface area contributed by atoms with E-state index in [2.05, 4.69) is 21.9 Å². The maximum atomic E-state index is 12.2. The molecule has 1 aliphatic rings. The Labute approximate surface area is 140 Å². The van der Waals surface area contributed by atoms with Gasteiger partial charge in [-0.05, 0) is 49.1 Å². The molecule has 0 spiro atoms. The number of fused-ring (bicyclic) bond motifs is 1. The summed E-state index contributed by atoms with van der Waals surface area (Å²) in [6.45, 7) is 1.44. The van der Waals surface area contributed by atoms with E-state index in [1.54, 1.807) is 24.3 Å². The number of nitrogens with zero attached hydrogens (tertiary/aromatic N) is 1. The molecule has 2 N–H and O–H groups in total. The molecule has 0 bridgehead atoms. The van der Waals surface area contributed by atoms with Crippen LogP contribution in [0.15, 0.2) is 53.6 Å². The van der Waals surface area contributed by atoms with Crippen molar-refractivity contribution in [2.75, 3.05) is 5.32 Å². The van der Waals surface area contributed by atoms with Crippen LogP contribution in [0.3, 0.4) is 0 Å². The number of carbonyl (C=O) groups excluding carboxylic acids is 2. The number of amides is 2. The van der Waals surface area contributed by atoms with Crippen molar-refractivity contribution in [2.24, 2.45) is 5.10 Å². The van der Waals surface area contributed by atoms with Crippen LogP contribution in [0.5, 0.6) is 0 Å². The topological polar surface area (TPSA) is 70.6 Å². The van der Waals surface area contributed by atoms with Gasteiger partial charge in [-0.2, -0.15) is 5.10 Å². The number of anilines is 1. The normalized spacial score (nSPS) is 14.8. The summed E-state index contributed by atoms with van der Waals surface area (Å²) in [6.07, 6.45) is 2.95. The highest BCUT2D eigenvalue weighted by Gasteiger charge is 2.15. The lowest BCUT2D eigenvalue weighted by Gasteiger charge is -2.17. The van der Waals surface area contributed by atoms with Gasteiger partial charge in [0.15, 0.2) is 0 Å². The molecule has 0 saturated heterocycles. The van der Waals surface area contributed by atoms with E-state index in [9.17, 15) is 9.59 Å². The van der Waals surface area contributed by atoms with Gasteiger partial charge in [-0.15, -0.1) is 0 Å². The maximum Gasteiger partial charge on any atom is 0.271 e. The SMILES string of the molecule is CC(=O)Nc1ccc(C(=O)NN=C2CCCc3ccccc32)cc1. The quantitative estimate of drug-likeness (QED) is 0.853. The predicted molar refractivity (Wildman–Crippen MR) is 94.1 cm³/mol. The first kappa shape index (κ1) is 15.9. The van der Waals surface area contributed by atoms with Gasteiger partial charge in [0.2, 0.25) is 5.91 Å². The first-order chi connectivity index (χ1) is 11.6. The third-order valence-corrected chi connectivity index (χ3v) is 3.95. The lowest BCUT2D eigenvalue weighted by Crippen LogP contribution is -2.22. The summed E-state index contributed by atoms with van der Waals surface area (Å²) >= 11 is 0. The summed E-state index contributed by atoms with van der Waals surface area (Å²) in [7, 11) is 0. The fourth-order valence-corrected chi connectivity index (χ4v) is 2.81. The number of rotatable bonds is 3. The molecule has 0 fully saturated rings. The van der Waals surface area contributed by atoms with Gasteiger partial charge in [-0.1, -0.05) is 24.3 Å². The largest absolute Gasteiger partial charge is 0.326 e. The van der Waals surface area contributed by atoms with Gasteiger partial charge in [0.05, 0.1) is 5.71 Å². The molecular formula is C19H19N3O2. The van der Waals surface area contributed by atoms with Crippen molar-refractivity contribution in [1.29, 1.82) is 0 Å². The fraction of sp³-hybridized carbons (Fsp3) is 0.211. The van der Waals surface area contributed by atoms with E-state index in [0.29, 0.717) is 11.3 Å². The molecule has 0 aliphatic heterocycles. The van der Waals surface area contributed by atoms with Gasteiger partial charge in [-0.25, -0.2) is 5.43 Å². The number of benzene rings is 2. The Morgan fingerprint density at radius 3 is 2.50 bits per heavy atom. The van der Waals surface area contributed by atoms with Crippen molar-refractivity contribution >= 4 is 23.2 Å². The van der Waals surface area contributed by atoms with Crippen LogP contribution in [-0.2, 0) is 11.2 Å². The van der Waals surface area contributed by atoms with E-state index in [0.717, 1.165) is 30.5 Å². The highest BCUT2D eigenvalue weighted by Crippen LogP contribution is 2.21. The molecule has 0 atom stereocenters. The summed E-state index contributed by atoms with van der Waals surface area (Å²) in [5.41, 5.74) is 7.10. The molecule has 122 valence electrons. The molecule has 5 heteroatoms. The van der Waals surface area contributed by atoms with Crippen LogP contribution in [-0.4, -0.2) is 17.5 Å². The second kappa shape index (κ2) is 7.08. The molecule has 1 aliphatic carbocycles. The molecule has 3 rings (SSSR count). The van der Waals surface area contributed by atoms with Gasteiger partial charge in [0, 0.05) is 23.7 Å². The van der Waals surface area contributed by atoms with Crippen LogP contribution >= 0.6 is 0 Å². The molecule has 0 heterocycles. The van der Waals surface area contributed by atoms with E-state index in [1.807, 2.05) is 18.2 Å². The van der Waals surface area contributed by atoms with E-state index in [-0.39, 0.29) is 11.8 Å². The lowest BCUT2D eigenvalue weighted by molar-refractivity contribution is -0.114. The molecule has 2 aromatic carbocycles. The van der Waals surface area contributed by atoms with E-state index in [4.69, 9.17) is 0 Å². The summed E-state index contributed by atoms with van der Waals surface area (Å²) in [4.78, 5) is 23.2. The Balaban J connectivity index is 1.71. The first-order valence-corrected chi connectivity index (χ1v) is 7.96. The van der Waals surface area contributed by atoms with Gasteiger partial charge in [-0.3, -0.25) is 9.59 Å². The zero-order chi connectivity index (χ0) is 16.9. The highest BCUT2D eigenvalue weighted by molar-refractivity contribution is 6.04. The Kier molecular flexibility index (Phi) is 4.70. The molecule has 2 aromatic rings. The third-order valence-electron chi connectivity index (χ3n) is 3.95. The lowest BCUT2D eigenvalue weighted by atomic mass is 9.90. The molecule has 5 nitrogen and oxygen atoms in total.